The maximum atomic E-state index is 6.07. The molecule has 0 unspecified atom stereocenters. The van der Waals surface area contributed by atoms with E-state index in [0.29, 0.717) is 0 Å². The molecule has 0 heterocycles. The van der Waals surface area contributed by atoms with E-state index in [9.17, 15) is 0 Å². The average molecular weight is 273 g/mol. The second kappa shape index (κ2) is 5.89. The number of aryl methyl sites for hydroxylation is 1. The van der Waals surface area contributed by atoms with Gasteiger partial charge in [-0.2, -0.15) is 5.10 Å². The summed E-state index contributed by atoms with van der Waals surface area (Å²) in [6.45, 7) is 2.08. The summed E-state index contributed by atoms with van der Waals surface area (Å²) in [5.74, 6) is 0. The molecule has 0 atom stereocenters. The minimum atomic E-state index is 0.719. The lowest BCUT2D eigenvalue weighted by atomic mass is 9.99. The fourth-order valence-corrected chi connectivity index (χ4v) is 1.99. The highest BCUT2D eigenvalue weighted by atomic mass is 35.5. The van der Waals surface area contributed by atoms with Crippen LogP contribution in [0, 0.1) is 6.92 Å². The molecule has 2 rings (SSSR count). The first-order valence-corrected chi connectivity index (χ1v) is 6.52. The van der Waals surface area contributed by atoms with E-state index in [0.717, 1.165) is 16.1 Å². The van der Waals surface area contributed by atoms with Crippen LogP contribution in [-0.2, 0) is 0 Å². The lowest BCUT2D eigenvalue weighted by Gasteiger charge is -2.09. The van der Waals surface area contributed by atoms with E-state index in [4.69, 9.17) is 11.6 Å². The van der Waals surface area contributed by atoms with Crippen molar-refractivity contribution in [1.29, 1.82) is 0 Å². The highest BCUT2D eigenvalue weighted by Crippen LogP contribution is 2.25. The van der Waals surface area contributed by atoms with Gasteiger partial charge in [0.1, 0.15) is 0 Å². The lowest BCUT2D eigenvalue weighted by Crippen LogP contribution is -2.02. The van der Waals surface area contributed by atoms with Crippen molar-refractivity contribution in [3.8, 4) is 11.1 Å². The Balaban J connectivity index is 2.47. The normalized spacial score (nSPS) is 10.9. The summed E-state index contributed by atoms with van der Waals surface area (Å²) in [5, 5.41) is 6.77. The van der Waals surface area contributed by atoms with E-state index in [1.54, 1.807) is 5.01 Å². The van der Waals surface area contributed by atoms with Crippen LogP contribution in [0.3, 0.4) is 0 Å². The van der Waals surface area contributed by atoms with Gasteiger partial charge < -0.3 is 5.01 Å². The zero-order valence-electron chi connectivity index (χ0n) is 11.4. The first kappa shape index (κ1) is 13.6. The number of halogens is 1. The topological polar surface area (TPSA) is 15.6 Å². The Morgan fingerprint density at radius 1 is 1.05 bits per heavy atom. The Kier molecular flexibility index (Phi) is 4.23. The first-order chi connectivity index (χ1) is 9.06. The molecule has 0 spiro atoms. The zero-order chi connectivity index (χ0) is 13.8. The molecule has 0 saturated heterocycles. The average Bonchev–Trinajstić information content (AvgIpc) is 2.38. The number of benzene rings is 2. The predicted molar refractivity (Wildman–Crippen MR) is 82.9 cm³/mol. The quantitative estimate of drug-likeness (QED) is 0.604. The molecule has 2 nitrogen and oxygen atoms in total. The van der Waals surface area contributed by atoms with Crippen molar-refractivity contribution < 1.29 is 0 Å². The molecule has 0 aliphatic heterocycles. The zero-order valence-corrected chi connectivity index (χ0v) is 12.1. The van der Waals surface area contributed by atoms with Crippen molar-refractivity contribution in [2.75, 3.05) is 14.1 Å². The molecular weight excluding hydrogens is 256 g/mol. The fourth-order valence-electron chi connectivity index (χ4n) is 1.81. The monoisotopic (exact) mass is 272 g/mol. The van der Waals surface area contributed by atoms with Crippen molar-refractivity contribution >= 4 is 17.8 Å². The molecule has 19 heavy (non-hydrogen) atoms. The van der Waals surface area contributed by atoms with Crippen LogP contribution in [0.5, 0.6) is 0 Å². The summed E-state index contributed by atoms with van der Waals surface area (Å²) in [6, 6.07) is 14.3. The van der Waals surface area contributed by atoms with Gasteiger partial charge in [-0.05, 0) is 30.2 Å². The van der Waals surface area contributed by atoms with Gasteiger partial charge in [0.15, 0.2) is 0 Å². The molecule has 0 radical (unpaired) electrons. The third kappa shape index (κ3) is 3.58. The standard InChI is InChI=1S/C16H17ClN2/c1-12-4-6-13(7-5-12)16-9-8-15(17)10-14(16)11-18-19(2)3/h4-11H,1-3H3/b18-11+. The Bertz CT molecular complexity index is 586. The van der Waals surface area contributed by atoms with E-state index >= 15 is 0 Å². The van der Waals surface area contributed by atoms with Gasteiger partial charge in [-0.3, -0.25) is 0 Å². The molecule has 2 aromatic carbocycles. The van der Waals surface area contributed by atoms with Gasteiger partial charge in [0.05, 0.1) is 6.21 Å². The van der Waals surface area contributed by atoms with Crippen LogP contribution in [0.1, 0.15) is 11.1 Å². The van der Waals surface area contributed by atoms with Gasteiger partial charge in [-0.25, -0.2) is 0 Å². The number of nitrogens with zero attached hydrogens (tertiary/aromatic N) is 2. The van der Waals surface area contributed by atoms with Crippen LogP contribution in [0.2, 0.25) is 5.02 Å². The molecule has 2 aromatic rings. The molecule has 0 aromatic heterocycles. The van der Waals surface area contributed by atoms with Crippen LogP contribution < -0.4 is 0 Å². The third-order valence-electron chi connectivity index (χ3n) is 2.80. The molecular formula is C16H17ClN2. The molecule has 0 aliphatic carbocycles. The summed E-state index contributed by atoms with van der Waals surface area (Å²) in [4.78, 5) is 0. The van der Waals surface area contributed by atoms with Crippen molar-refractivity contribution in [3.63, 3.8) is 0 Å². The summed E-state index contributed by atoms with van der Waals surface area (Å²) >= 11 is 6.07. The number of rotatable bonds is 3. The molecule has 0 amide bonds. The minimum absolute atomic E-state index is 0.719. The lowest BCUT2D eigenvalue weighted by molar-refractivity contribution is 0.440. The smallest absolute Gasteiger partial charge is 0.0549 e. The molecule has 98 valence electrons. The second-order valence-corrected chi connectivity index (χ2v) is 5.13. The van der Waals surface area contributed by atoms with Gasteiger partial charge in [-0.15, -0.1) is 0 Å². The van der Waals surface area contributed by atoms with E-state index in [2.05, 4.69) is 36.3 Å². The SMILES string of the molecule is Cc1ccc(-c2ccc(Cl)cc2/C=N/N(C)C)cc1. The van der Waals surface area contributed by atoms with Crippen molar-refractivity contribution in [2.45, 2.75) is 6.92 Å². The molecule has 0 fully saturated rings. The number of hydrogen-bond donors (Lipinski definition) is 0. The van der Waals surface area contributed by atoms with E-state index in [1.165, 1.54) is 11.1 Å². The Morgan fingerprint density at radius 3 is 2.37 bits per heavy atom. The van der Waals surface area contributed by atoms with Crippen LogP contribution in [0.15, 0.2) is 47.6 Å². The highest BCUT2D eigenvalue weighted by molar-refractivity contribution is 6.31. The number of hydrogen-bond acceptors (Lipinski definition) is 2. The predicted octanol–water partition coefficient (Wildman–Crippen LogP) is 4.21. The summed E-state index contributed by atoms with van der Waals surface area (Å²) in [7, 11) is 3.79. The van der Waals surface area contributed by atoms with Crippen LogP contribution in [0.4, 0.5) is 0 Å². The highest BCUT2D eigenvalue weighted by Gasteiger charge is 2.04. The van der Waals surface area contributed by atoms with Crippen molar-refractivity contribution in [2.24, 2.45) is 5.10 Å². The van der Waals surface area contributed by atoms with Gasteiger partial charge in [0.25, 0.3) is 0 Å². The molecule has 0 bridgehead atoms. The minimum Gasteiger partial charge on any atom is -0.303 e. The van der Waals surface area contributed by atoms with Crippen LogP contribution in [0.25, 0.3) is 11.1 Å². The van der Waals surface area contributed by atoms with Crippen LogP contribution in [-0.4, -0.2) is 25.3 Å². The molecule has 0 saturated carbocycles. The molecule has 0 N–H and O–H groups in total. The Hall–Kier alpha value is -1.80. The molecule has 0 aliphatic rings. The van der Waals surface area contributed by atoms with Crippen LogP contribution >= 0.6 is 11.6 Å². The Morgan fingerprint density at radius 2 is 1.74 bits per heavy atom. The van der Waals surface area contributed by atoms with Gasteiger partial charge >= 0.3 is 0 Å². The van der Waals surface area contributed by atoms with E-state index in [-0.39, 0.29) is 0 Å². The fraction of sp³-hybridized carbons (Fsp3) is 0.188. The summed E-state index contributed by atoms with van der Waals surface area (Å²) in [6.07, 6.45) is 1.83. The summed E-state index contributed by atoms with van der Waals surface area (Å²) in [5.41, 5.74) is 4.57. The Labute approximate surface area is 119 Å². The third-order valence-corrected chi connectivity index (χ3v) is 3.04. The van der Waals surface area contributed by atoms with Gasteiger partial charge in [0, 0.05) is 24.7 Å². The first-order valence-electron chi connectivity index (χ1n) is 6.14. The van der Waals surface area contributed by atoms with Crippen molar-refractivity contribution in [1.82, 2.24) is 5.01 Å². The van der Waals surface area contributed by atoms with E-state index in [1.807, 2.05) is 38.5 Å². The molecule has 3 heteroatoms. The number of hydrazone groups is 1. The second-order valence-electron chi connectivity index (χ2n) is 4.69. The summed E-state index contributed by atoms with van der Waals surface area (Å²) < 4.78 is 0. The maximum absolute atomic E-state index is 6.07. The van der Waals surface area contributed by atoms with Gasteiger partial charge in [-0.1, -0.05) is 47.5 Å². The maximum Gasteiger partial charge on any atom is 0.0549 e. The van der Waals surface area contributed by atoms with E-state index < -0.39 is 0 Å². The van der Waals surface area contributed by atoms with Gasteiger partial charge in [0.2, 0.25) is 0 Å². The van der Waals surface area contributed by atoms with Crippen molar-refractivity contribution in [3.05, 3.63) is 58.6 Å². The largest absolute Gasteiger partial charge is 0.303 e.